The zero-order chi connectivity index (χ0) is 26.4. The lowest BCUT2D eigenvalue weighted by molar-refractivity contribution is -0.138. The molecule has 36 heavy (non-hydrogen) atoms. The fraction of sp³-hybridized carbons (Fsp3) is 0.130. The molecule has 0 unspecified atom stereocenters. The Morgan fingerprint density at radius 2 is 1.83 bits per heavy atom. The molecule has 0 aliphatic rings. The smallest absolute Gasteiger partial charge is 0.418 e. The minimum absolute atomic E-state index is 0.0726. The van der Waals surface area contributed by atoms with Gasteiger partial charge in [-0.3, -0.25) is 10.1 Å². The number of benzene rings is 1. The second kappa shape index (κ2) is 8.91. The molecular formula is C23H16F5N5O3. The third-order valence-electron chi connectivity index (χ3n) is 5.36. The lowest BCUT2D eigenvalue weighted by atomic mass is 10.0. The summed E-state index contributed by atoms with van der Waals surface area (Å²) in [6, 6.07) is 3.26. The Morgan fingerprint density at radius 1 is 1.11 bits per heavy atom. The molecule has 0 saturated heterocycles. The van der Waals surface area contributed by atoms with Crippen molar-refractivity contribution in [3.8, 4) is 22.9 Å². The first-order valence-corrected chi connectivity index (χ1v) is 10.2. The highest BCUT2D eigenvalue weighted by Gasteiger charge is 2.35. The van der Waals surface area contributed by atoms with E-state index in [1.807, 2.05) is 0 Å². The summed E-state index contributed by atoms with van der Waals surface area (Å²) >= 11 is 0. The van der Waals surface area contributed by atoms with E-state index in [1.54, 1.807) is 0 Å². The number of pyridine rings is 3. The molecule has 0 aliphatic carbocycles. The molecule has 3 aromatic heterocycles. The number of ether oxygens (including phenoxy) is 1. The largest absolute Gasteiger partial charge is 0.438 e. The Morgan fingerprint density at radius 3 is 2.50 bits per heavy atom. The molecule has 1 aromatic carbocycles. The summed E-state index contributed by atoms with van der Waals surface area (Å²) in [6.07, 6.45) is -3.00. The summed E-state index contributed by atoms with van der Waals surface area (Å²) < 4.78 is 74.2. The van der Waals surface area contributed by atoms with Gasteiger partial charge in [-0.1, -0.05) is 0 Å². The SMILES string of the molecule is Cc1c(Oc2ncc(C(F)(F)F)c(C)c2-c2cc(=O)c3c(NC(N)=O)nccc3[nH]2)ccc(F)c1F. The first kappa shape index (κ1) is 24.6. The van der Waals surface area contributed by atoms with Crippen LogP contribution in [0.2, 0.25) is 0 Å². The molecule has 4 N–H and O–H groups in total. The van der Waals surface area contributed by atoms with Gasteiger partial charge in [0.2, 0.25) is 5.88 Å². The molecule has 0 fully saturated rings. The predicted molar refractivity (Wildman–Crippen MR) is 120 cm³/mol. The molecule has 186 valence electrons. The molecule has 4 rings (SSSR count). The van der Waals surface area contributed by atoms with Gasteiger partial charge in [-0.05, 0) is 37.6 Å². The number of rotatable bonds is 4. The first-order chi connectivity index (χ1) is 16.9. The number of carbonyl (C=O) groups excluding carboxylic acids is 1. The highest BCUT2D eigenvalue weighted by molar-refractivity contribution is 5.98. The number of carbonyl (C=O) groups is 1. The van der Waals surface area contributed by atoms with E-state index in [9.17, 15) is 31.5 Å². The maximum Gasteiger partial charge on any atom is 0.418 e. The van der Waals surface area contributed by atoms with Crippen LogP contribution >= 0.6 is 0 Å². The molecule has 2 amide bonds. The van der Waals surface area contributed by atoms with Gasteiger partial charge in [0.05, 0.1) is 27.7 Å². The average Bonchev–Trinajstić information content (AvgIpc) is 2.78. The number of amides is 2. The lowest BCUT2D eigenvalue weighted by Gasteiger charge is -2.18. The monoisotopic (exact) mass is 505 g/mol. The standard InChI is InChI=1S/C23H16F5N5O3/c1-9-11(23(26,27)28)8-31-21(36-16-4-3-12(24)19(25)10(16)2)17(9)14-7-15(34)18-13(32-14)5-6-30-20(18)33-22(29)35/h3-8H,1-2H3,(H,32,34)(H3,29,30,33,35). The number of alkyl halides is 3. The Labute approximate surface area is 198 Å². The molecule has 4 aromatic rings. The van der Waals surface area contributed by atoms with Crippen molar-refractivity contribution in [3.05, 3.63) is 75.2 Å². The number of nitrogens with one attached hydrogen (secondary N) is 2. The van der Waals surface area contributed by atoms with Gasteiger partial charge in [-0.15, -0.1) is 0 Å². The van der Waals surface area contributed by atoms with E-state index in [4.69, 9.17) is 10.5 Å². The van der Waals surface area contributed by atoms with Gasteiger partial charge in [-0.2, -0.15) is 13.2 Å². The van der Waals surface area contributed by atoms with E-state index < -0.39 is 40.7 Å². The van der Waals surface area contributed by atoms with Crippen LogP contribution in [0, 0.1) is 25.5 Å². The maximum atomic E-state index is 14.1. The normalized spacial score (nSPS) is 11.5. The summed E-state index contributed by atoms with van der Waals surface area (Å²) in [5.74, 6) is -3.07. The topological polar surface area (TPSA) is 123 Å². The highest BCUT2D eigenvalue weighted by Crippen LogP contribution is 2.41. The fourth-order valence-corrected chi connectivity index (χ4v) is 3.65. The van der Waals surface area contributed by atoms with Crippen LogP contribution in [0.4, 0.5) is 32.6 Å². The zero-order valence-corrected chi connectivity index (χ0v) is 18.6. The Bertz CT molecular complexity index is 1580. The second-order valence-electron chi connectivity index (χ2n) is 7.68. The van der Waals surface area contributed by atoms with Crippen LogP contribution in [0.25, 0.3) is 22.2 Å². The number of primary amides is 1. The number of aromatic nitrogens is 3. The molecule has 0 spiro atoms. The highest BCUT2D eigenvalue weighted by atomic mass is 19.4. The number of hydrogen-bond acceptors (Lipinski definition) is 5. The number of halogens is 5. The van der Waals surface area contributed by atoms with E-state index in [-0.39, 0.29) is 44.9 Å². The predicted octanol–water partition coefficient (Wildman–Crippen LogP) is 5.18. The number of fused-ring (bicyclic) bond motifs is 1. The number of nitrogens with two attached hydrogens (primary N) is 1. The third-order valence-corrected chi connectivity index (χ3v) is 5.36. The van der Waals surface area contributed by atoms with Gasteiger partial charge in [0.15, 0.2) is 17.1 Å². The van der Waals surface area contributed by atoms with Crippen molar-refractivity contribution in [2.75, 3.05) is 5.32 Å². The summed E-state index contributed by atoms with van der Waals surface area (Å²) in [5.41, 5.74) is 2.48. The second-order valence-corrected chi connectivity index (χ2v) is 7.68. The van der Waals surface area contributed by atoms with Gasteiger partial charge < -0.3 is 15.5 Å². The number of anilines is 1. The van der Waals surface area contributed by atoms with Crippen LogP contribution in [0.3, 0.4) is 0 Å². The molecule has 3 heterocycles. The van der Waals surface area contributed by atoms with Crippen LogP contribution in [-0.4, -0.2) is 21.0 Å². The quantitative estimate of drug-likeness (QED) is 0.330. The average molecular weight is 505 g/mol. The van der Waals surface area contributed by atoms with Crippen molar-refractivity contribution in [3.63, 3.8) is 0 Å². The lowest BCUT2D eigenvalue weighted by Crippen LogP contribution is -2.21. The van der Waals surface area contributed by atoms with Crippen LogP contribution < -0.4 is 21.2 Å². The van der Waals surface area contributed by atoms with Crippen LogP contribution in [0.1, 0.15) is 16.7 Å². The molecule has 0 atom stereocenters. The maximum absolute atomic E-state index is 14.1. The molecule has 0 aliphatic heterocycles. The summed E-state index contributed by atoms with van der Waals surface area (Å²) in [6.45, 7) is 2.38. The van der Waals surface area contributed by atoms with E-state index in [0.717, 1.165) is 25.1 Å². The van der Waals surface area contributed by atoms with Crippen molar-refractivity contribution < 1.29 is 31.5 Å². The van der Waals surface area contributed by atoms with Gasteiger partial charge in [0.25, 0.3) is 0 Å². The van der Waals surface area contributed by atoms with E-state index in [0.29, 0.717) is 6.20 Å². The fourth-order valence-electron chi connectivity index (χ4n) is 3.65. The molecular weight excluding hydrogens is 489 g/mol. The third kappa shape index (κ3) is 4.42. The van der Waals surface area contributed by atoms with E-state index >= 15 is 0 Å². The van der Waals surface area contributed by atoms with Crippen LogP contribution in [-0.2, 0) is 6.18 Å². The Balaban J connectivity index is 1.97. The zero-order valence-electron chi connectivity index (χ0n) is 18.6. The first-order valence-electron chi connectivity index (χ1n) is 10.2. The van der Waals surface area contributed by atoms with Gasteiger partial charge in [0, 0.05) is 24.0 Å². The number of H-pyrrole nitrogens is 1. The van der Waals surface area contributed by atoms with Gasteiger partial charge in [0.1, 0.15) is 11.6 Å². The minimum Gasteiger partial charge on any atom is -0.438 e. The summed E-state index contributed by atoms with van der Waals surface area (Å²) in [7, 11) is 0. The van der Waals surface area contributed by atoms with E-state index in [1.165, 1.54) is 19.2 Å². The molecule has 0 radical (unpaired) electrons. The van der Waals surface area contributed by atoms with Crippen molar-refractivity contribution in [1.82, 2.24) is 15.0 Å². The minimum atomic E-state index is -4.79. The Kier molecular flexibility index (Phi) is 6.08. The number of urea groups is 1. The van der Waals surface area contributed by atoms with Crippen LogP contribution in [0.15, 0.2) is 41.5 Å². The summed E-state index contributed by atoms with van der Waals surface area (Å²) in [5, 5.41) is 2.13. The van der Waals surface area contributed by atoms with Crippen molar-refractivity contribution >= 4 is 22.8 Å². The number of aromatic amines is 1. The molecule has 13 heteroatoms. The summed E-state index contributed by atoms with van der Waals surface area (Å²) in [4.78, 5) is 34.7. The van der Waals surface area contributed by atoms with Gasteiger partial charge >= 0.3 is 12.2 Å². The van der Waals surface area contributed by atoms with Crippen molar-refractivity contribution in [2.24, 2.45) is 5.73 Å². The van der Waals surface area contributed by atoms with Gasteiger partial charge in [-0.25, -0.2) is 23.5 Å². The van der Waals surface area contributed by atoms with E-state index in [2.05, 4.69) is 20.3 Å². The number of hydrogen-bond donors (Lipinski definition) is 3. The van der Waals surface area contributed by atoms with Crippen molar-refractivity contribution in [2.45, 2.75) is 20.0 Å². The van der Waals surface area contributed by atoms with Crippen LogP contribution in [0.5, 0.6) is 11.6 Å². The van der Waals surface area contributed by atoms with Crippen molar-refractivity contribution in [1.29, 1.82) is 0 Å². The molecule has 0 bridgehead atoms. The number of nitrogens with zero attached hydrogens (tertiary/aromatic N) is 2. The molecule has 0 saturated carbocycles. The Hall–Kier alpha value is -4.55. The molecule has 8 nitrogen and oxygen atoms in total.